The zero-order valence-corrected chi connectivity index (χ0v) is 8.78. The number of hydrogen-bond donors (Lipinski definition) is 2. The van der Waals surface area contributed by atoms with Crippen molar-refractivity contribution in [3.05, 3.63) is 0 Å². The average Bonchev–Trinajstić information content (AvgIpc) is 2.06. The van der Waals surface area contributed by atoms with Gasteiger partial charge < -0.3 is 14.6 Å². The van der Waals surface area contributed by atoms with Gasteiger partial charge in [0.25, 0.3) is 0 Å². The van der Waals surface area contributed by atoms with Crippen LogP contribution in [0.5, 0.6) is 0 Å². The van der Waals surface area contributed by atoms with Gasteiger partial charge in [-0.05, 0) is 12.5 Å². The molecule has 13 heavy (non-hydrogen) atoms. The molecule has 2 N–H and O–H groups in total. The van der Waals surface area contributed by atoms with Crippen LogP contribution in [0.25, 0.3) is 0 Å². The molecule has 0 unspecified atom stereocenters. The first-order valence-electron chi connectivity index (χ1n) is 4.14. The van der Waals surface area contributed by atoms with Crippen molar-refractivity contribution >= 4 is 21.7 Å². The molecular weight excluding hydrogens is 192 g/mol. The van der Waals surface area contributed by atoms with Crippen molar-refractivity contribution in [2.24, 2.45) is 0 Å². The van der Waals surface area contributed by atoms with E-state index in [2.05, 4.69) is 0 Å². The number of carboxylic acid groups (broad SMARTS) is 2. The highest BCUT2D eigenvalue weighted by molar-refractivity contribution is 6.27. The molecule has 0 aliphatic carbocycles. The molecule has 0 radical (unpaired) electrons. The molecular formula is C7H14O5Si. The summed E-state index contributed by atoms with van der Waals surface area (Å²) in [4.78, 5) is 18.9. The molecule has 1 rings (SSSR count). The van der Waals surface area contributed by atoms with Crippen molar-refractivity contribution in [1.82, 2.24) is 0 Å². The lowest BCUT2D eigenvalue weighted by Gasteiger charge is -2.07. The fourth-order valence-corrected chi connectivity index (χ4v) is 1.99. The lowest BCUT2D eigenvalue weighted by molar-refractivity contribution is -0.147. The molecule has 0 amide bonds. The minimum atomic E-state index is -1.31. The monoisotopic (exact) mass is 206 g/mol. The van der Waals surface area contributed by atoms with Crippen LogP contribution in [0.3, 0.4) is 0 Å². The Balaban J connectivity index is 0.000000223. The van der Waals surface area contributed by atoms with Crippen LogP contribution in [-0.2, 0) is 14.0 Å². The van der Waals surface area contributed by atoms with Crippen molar-refractivity contribution in [2.75, 3.05) is 6.61 Å². The Hall–Kier alpha value is -0.883. The molecule has 0 bridgehead atoms. The van der Waals surface area contributed by atoms with E-state index in [0.717, 1.165) is 6.61 Å². The van der Waals surface area contributed by atoms with Crippen LogP contribution < -0.4 is 0 Å². The van der Waals surface area contributed by atoms with Crippen LogP contribution >= 0.6 is 0 Å². The van der Waals surface area contributed by atoms with Gasteiger partial charge in [0.05, 0.1) is 0 Å². The third-order valence-electron chi connectivity index (χ3n) is 1.38. The maximum absolute atomic E-state index is 9.43. The minimum Gasteiger partial charge on any atom is -0.481 e. The molecule has 76 valence electrons. The SMILES string of the molecule is C1CC[SiH2]OC1.O=C(O)CC(=O)O. The maximum atomic E-state index is 9.43. The van der Waals surface area contributed by atoms with Crippen LogP contribution in [0.1, 0.15) is 19.3 Å². The first-order valence-corrected chi connectivity index (χ1v) is 5.72. The molecule has 1 aliphatic heterocycles. The summed E-state index contributed by atoms with van der Waals surface area (Å²) >= 11 is 0. The van der Waals surface area contributed by atoms with Crippen molar-refractivity contribution < 1.29 is 24.2 Å². The molecule has 0 spiro atoms. The van der Waals surface area contributed by atoms with Gasteiger partial charge in [0, 0.05) is 6.61 Å². The lowest BCUT2D eigenvalue weighted by atomic mass is 10.4. The van der Waals surface area contributed by atoms with Crippen LogP contribution in [-0.4, -0.2) is 38.5 Å². The zero-order valence-electron chi connectivity index (χ0n) is 7.36. The number of carboxylic acids is 2. The predicted octanol–water partition coefficient (Wildman–Crippen LogP) is -0.155. The van der Waals surface area contributed by atoms with Crippen LogP contribution in [0, 0.1) is 0 Å². The summed E-state index contributed by atoms with van der Waals surface area (Å²) in [6, 6.07) is 1.42. The van der Waals surface area contributed by atoms with Gasteiger partial charge in [0.1, 0.15) is 6.42 Å². The number of rotatable bonds is 2. The molecule has 0 aromatic rings. The summed E-state index contributed by atoms with van der Waals surface area (Å²) in [6.45, 7) is 1.06. The molecule has 6 heteroatoms. The Morgan fingerprint density at radius 2 is 1.85 bits per heavy atom. The van der Waals surface area contributed by atoms with Crippen LogP contribution in [0.2, 0.25) is 6.04 Å². The summed E-state index contributed by atoms with van der Waals surface area (Å²) in [7, 11) is 0.00849. The Morgan fingerprint density at radius 3 is 1.92 bits per heavy atom. The second-order valence-electron chi connectivity index (χ2n) is 2.64. The summed E-state index contributed by atoms with van der Waals surface area (Å²) in [5, 5.41) is 15.4. The molecule has 0 atom stereocenters. The first kappa shape index (κ1) is 12.1. The second-order valence-corrected chi connectivity index (χ2v) is 4.16. The predicted molar refractivity (Wildman–Crippen MR) is 48.4 cm³/mol. The maximum Gasteiger partial charge on any atom is 0.314 e. The molecule has 5 nitrogen and oxygen atoms in total. The molecule has 1 heterocycles. The Kier molecular flexibility index (Phi) is 7.22. The fourth-order valence-electron chi connectivity index (χ4n) is 0.816. The van der Waals surface area contributed by atoms with Gasteiger partial charge in [0.2, 0.25) is 0 Å². The van der Waals surface area contributed by atoms with E-state index in [1.54, 1.807) is 0 Å². The van der Waals surface area contributed by atoms with Gasteiger partial charge in [-0.15, -0.1) is 0 Å². The number of hydrogen-bond acceptors (Lipinski definition) is 3. The van der Waals surface area contributed by atoms with Gasteiger partial charge in [-0.1, -0.05) is 6.42 Å². The van der Waals surface area contributed by atoms with E-state index in [9.17, 15) is 9.59 Å². The molecule has 1 saturated heterocycles. The van der Waals surface area contributed by atoms with Crippen molar-refractivity contribution in [1.29, 1.82) is 0 Å². The average molecular weight is 206 g/mol. The van der Waals surface area contributed by atoms with E-state index in [4.69, 9.17) is 14.6 Å². The van der Waals surface area contributed by atoms with Gasteiger partial charge in [-0.2, -0.15) is 0 Å². The highest BCUT2D eigenvalue weighted by Crippen LogP contribution is 2.01. The number of carbonyl (C=O) groups is 2. The third kappa shape index (κ3) is 11.1. The molecule has 0 saturated carbocycles. The van der Waals surface area contributed by atoms with E-state index < -0.39 is 18.4 Å². The Bertz CT molecular complexity index is 143. The van der Waals surface area contributed by atoms with Crippen molar-refractivity contribution in [3.8, 4) is 0 Å². The first-order chi connectivity index (χ1) is 6.13. The molecule has 0 aromatic heterocycles. The van der Waals surface area contributed by atoms with E-state index in [1.165, 1.54) is 18.9 Å². The molecule has 1 fully saturated rings. The fraction of sp³-hybridized carbons (Fsp3) is 0.714. The third-order valence-corrected chi connectivity index (χ3v) is 2.75. The quantitative estimate of drug-likeness (QED) is 0.484. The lowest BCUT2D eigenvalue weighted by Crippen LogP contribution is -2.06. The normalized spacial score (nSPS) is 17.2. The molecule has 1 aliphatic rings. The van der Waals surface area contributed by atoms with E-state index in [-0.39, 0.29) is 9.76 Å². The zero-order chi connectivity index (χ0) is 10.1. The van der Waals surface area contributed by atoms with Crippen LogP contribution in [0.4, 0.5) is 0 Å². The van der Waals surface area contributed by atoms with Gasteiger partial charge in [0.15, 0.2) is 9.76 Å². The molecule has 0 aromatic carbocycles. The standard InChI is InChI=1S/C4H10OSi.C3H4O4/c1-2-4-6-5-3-1;4-2(5)1-3(6)7/h1-4,6H2;1H2,(H,4,5)(H,6,7). The summed E-state index contributed by atoms with van der Waals surface area (Å²) in [5.74, 6) is -2.62. The highest BCUT2D eigenvalue weighted by atomic mass is 28.2. The van der Waals surface area contributed by atoms with E-state index in [1.807, 2.05) is 0 Å². The largest absolute Gasteiger partial charge is 0.481 e. The second kappa shape index (κ2) is 7.75. The van der Waals surface area contributed by atoms with E-state index in [0.29, 0.717) is 0 Å². The van der Waals surface area contributed by atoms with Gasteiger partial charge in [-0.3, -0.25) is 9.59 Å². The van der Waals surface area contributed by atoms with E-state index >= 15 is 0 Å². The van der Waals surface area contributed by atoms with Gasteiger partial charge >= 0.3 is 11.9 Å². The van der Waals surface area contributed by atoms with Crippen molar-refractivity contribution in [2.45, 2.75) is 25.3 Å². The topological polar surface area (TPSA) is 83.8 Å². The smallest absolute Gasteiger partial charge is 0.314 e. The summed E-state index contributed by atoms with van der Waals surface area (Å²) < 4.78 is 5.21. The minimum absolute atomic E-state index is 0.00849. The Morgan fingerprint density at radius 1 is 1.23 bits per heavy atom. The summed E-state index contributed by atoms with van der Waals surface area (Å²) in [5.41, 5.74) is 0. The summed E-state index contributed by atoms with van der Waals surface area (Å²) in [6.07, 6.45) is 1.94. The number of aliphatic carboxylic acids is 2. The Labute approximate surface area is 78.7 Å². The van der Waals surface area contributed by atoms with Crippen molar-refractivity contribution in [3.63, 3.8) is 0 Å². The van der Waals surface area contributed by atoms with Gasteiger partial charge in [-0.25, -0.2) is 0 Å². The highest BCUT2D eigenvalue weighted by Gasteiger charge is 2.01. The van der Waals surface area contributed by atoms with Crippen LogP contribution in [0.15, 0.2) is 0 Å².